The minimum absolute atomic E-state index is 0.534. The third-order valence-electron chi connectivity index (χ3n) is 2.93. The summed E-state index contributed by atoms with van der Waals surface area (Å²) in [5, 5.41) is 13.4. The van der Waals surface area contributed by atoms with Gasteiger partial charge in [0.05, 0.1) is 5.60 Å². The molecule has 2 rings (SSSR count). The number of anilines is 1. The van der Waals surface area contributed by atoms with E-state index in [1.165, 1.54) is 0 Å². The van der Waals surface area contributed by atoms with Crippen LogP contribution in [0.5, 0.6) is 0 Å². The van der Waals surface area contributed by atoms with Crippen molar-refractivity contribution in [1.29, 1.82) is 0 Å². The Kier molecular flexibility index (Phi) is 3.41. The second-order valence-electron chi connectivity index (χ2n) is 4.41. The summed E-state index contributed by atoms with van der Waals surface area (Å²) in [6.45, 7) is 3.81. The summed E-state index contributed by atoms with van der Waals surface area (Å²) in [6.07, 6.45) is 3.19. The van der Waals surface area contributed by atoms with Gasteiger partial charge < -0.3 is 15.2 Å². The number of nitrogens with one attached hydrogen (secondary N) is 1. The summed E-state index contributed by atoms with van der Waals surface area (Å²) < 4.78 is 5.23. The molecule has 1 aromatic rings. The molecular weight excluding hydrogens is 204 g/mol. The van der Waals surface area contributed by atoms with E-state index in [0.29, 0.717) is 32.6 Å². The number of rotatable bonds is 3. The fourth-order valence-electron chi connectivity index (χ4n) is 1.76. The number of hydrogen-bond donors (Lipinski definition) is 2. The van der Waals surface area contributed by atoms with Crippen LogP contribution in [0.2, 0.25) is 0 Å². The first-order valence-electron chi connectivity index (χ1n) is 5.65. The molecule has 1 aromatic heterocycles. The van der Waals surface area contributed by atoms with Crippen molar-refractivity contribution in [3.63, 3.8) is 0 Å². The minimum atomic E-state index is -0.648. The molecule has 16 heavy (non-hydrogen) atoms. The molecule has 4 nitrogen and oxygen atoms in total. The molecule has 1 fully saturated rings. The Bertz CT molecular complexity index is 331. The van der Waals surface area contributed by atoms with Gasteiger partial charge in [-0.15, -0.1) is 0 Å². The van der Waals surface area contributed by atoms with Crippen molar-refractivity contribution in [1.82, 2.24) is 4.98 Å². The third kappa shape index (κ3) is 2.93. The van der Waals surface area contributed by atoms with Gasteiger partial charge in [-0.2, -0.15) is 0 Å². The first kappa shape index (κ1) is 11.4. The lowest BCUT2D eigenvalue weighted by molar-refractivity contribution is -0.0543. The Morgan fingerprint density at radius 1 is 1.44 bits per heavy atom. The van der Waals surface area contributed by atoms with Crippen LogP contribution in [0.3, 0.4) is 0 Å². The maximum Gasteiger partial charge on any atom is 0.125 e. The predicted octanol–water partition coefficient (Wildman–Crippen LogP) is 1.34. The number of ether oxygens (including phenoxy) is 1. The molecule has 0 radical (unpaired) electrons. The average Bonchev–Trinajstić information content (AvgIpc) is 2.29. The zero-order valence-electron chi connectivity index (χ0n) is 9.57. The number of hydrogen-bond acceptors (Lipinski definition) is 4. The summed E-state index contributed by atoms with van der Waals surface area (Å²) in [5.41, 5.74) is 0.487. The molecular formula is C12H18N2O2. The fraction of sp³-hybridized carbons (Fsp3) is 0.583. The topological polar surface area (TPSA) is 54.4 Å². The molecule has 88 valence electrons. The Morgan fingerprint density at radius 2 is 2.19 bits per heavy atom. The van der Waals surface area contributed by atoms with Gasteiger partial charge in [0.1, 0.15) is 5.82 Å². The first-order chi connectivity index (χ1) is 7.68. The molecule has 0 unspecified atom stereocenters. The van der Waals surface area contributed by atoms with Crippen molar-refractivity contribution in [3.05, 3.63) is 23.9 Å². The molecule has 4 heteroatoms. The quantitative estimate of drug-likeness (QED) is 0.810. The molecule has 1 aliphatic rings. The van der Waals surface area contributed by atoms with Crippen LogP contribution in [0.25, 0.3) is 0 Å². The Labute approximate surface area is 95.7 Å². The van der Waals surface area contributed by atoms with E-state index in [0.717, 1.165) is 11.4 Å². The standard InChI is InChI=1S/C12H18N2O2/c1-10-2-3-11(13-8-10)14-9-12(15)4-6-16-7-5-12/h2-3,8,15H,4-7,9H2,1H3,(H,13,14). The highest BCUT2D eigenvalue weighted by molar-refractivity contribution is 5.35. The predicted molar refractivity (Wildman–Crippen MR) is 62.5 cm³/mol. The summed E-state index contributed by atoms with van der Waals surface area (Å²) in [5.74, 6) is 0.811. The molecule has 0 saturated carbocycles. The largest absolute Gasteiger partial charge is 0.388 e. The van der Waals surface area contributed by atoms with Gasteiger partial charge in [0.25, 0.3) is 0 Å². The van der Waals surface area contributed by atoms with E-state index in [-0.39, 0.29) is 0 Å². The molecule has 0 atom stereocenters. The number of aryl methyl sites for hydroxylation is 1. The fourth-order valence-corrected chi connectivity index (χ4v) is 1.76. The summed E-state index contributed by atoms with van der Waals surface area (Å²) in [6, 6.07) is 3.93. The van der Waals surface area contributed by atoms with Gasteiger partial charge in [-0.3, -0.25) is 0 Å². The zero-order chi connectivity index (χ0) is 11.4. The number of aromatic nitrogens is 1. The van der Waals surface area contributed by atoms with Gasteiger partial charge in [0, 0.05) is 38.8 Å². The van der Waals surface area contributed by atoms with Crippen LogP contribution >= 0.6 is 0 Å². The highest BCUT2D eigenvalue weighted by Crippen LogP contribution is 2.20. The maximum absolute atomic E-state index is 10.2. The molecule has 0 amide bonds. The van der Waals surface area contributed by atoms with Crippen LogP contribution in [0.15, 0.2) is 18.3 Å². The van der Waals surface area contributed by atoms with Crippen molar-refractivity contribution in [2.75, 3.05) is 25.1 Å². The van der Waals surface area contributed by atoms with Gasteiger partial charge in [-0.05, 0) is 18.6 Å². The van der Waals surface area contributed by atoms with E-state index >= 15 is 0 Å². The van der Waals surface area contributed by atoms with Gasteiger partial charge >= 0.3 is 0 Å². The van der Waals surface area contributed by atoms with E-state index in [9.17, 15) is 5.11 Å². The zero-order valence-corrected chi connectivity index (χ0v) is 9.57. The molecule has 1 saturated heterocycles. The van der Waals surface area contributed by atoms with Crippen LogP contribution in [0.4, 0.5) is 5.82 Å². The maximum atomic E-state index is 10.2. The first-order valence-corrected chi connectivity index (χ1v) is 5.65. The lowest BCUT2D eigenvalue weighted by atomic mass is 9.94. The van der Waals surface area contributed by atoms with Crippen LogP contribution in [-0.2, 0) is 4.74 Å². The number of pyridine rings is 1. The van der Waals surface area contributed by atoms with E-state index in [1.54, 1.807) is 0 Å². The normalized spacial score (nSPS) is 19.4. The molecule has 0 bridgehead atoms. The average molecular weight is 222 g/mol. The van der Waals surface area contributed by atoms with Crippen molar-refractivity contribution < 1.29 is 9.84 Å². The lowest BCUT2D eigenvalue weighted by Gasteiger charge is -2.32. The van der Waals surface area contributed by atoms with Crippen LogP contribution in [-0.4, -0.2) is 35.5 Å². The second kappa shape index (κ2) is 4.80. The van der Waals surface area contributed by atoms with E-state index in [1.807, 2.05) is 25.3 Å². The molecule has 2 N–H and O–H groups in total. The van der Waals surface area contributed by atoms with E-state index < -0.39 is 5.60 Å². The molecule has 0 aliphatic carbocycles. The Balaban J connectivity index is 1.88. The highest BCUT2D eigenvalue weighted by Gasteiger charge is 2.29. The van der Waals surface area contributed by atoms with Crippen LogP contribution < -0.4 is 5.32 Å². The highest BCUT2D eigenvalue weighted by atomic mass is 16.5. The summed E-state index contributed by atoms with van der Waals surface area (Å²) in [4.78, 5) is 4.24. The Hall–Kier alpha value is -1.13. The van der Waals surface area contributed by atoms with E-state index in [4.69, 9.17) is 4.74 Å². The molecule has 1 aliphatic heterocycles. The van der Waals surface area contributed by atoms with Gasteiger partial charge in [-0.1, -0.05) is 6.07 Å². The monoisotopic (exact) mass is 222 g/mol. The van der Waals surface area contributed by atoms with Gasteiger partial charge in [-0.25, -0.2) is 4.98 Å². The second-order valence-corrected chi connectivity index (χ2v) is 4.41. The molecule has 2 heterocycles. The minimum Gasteiger partial charge on any atom is -0.388 e. The summed E-state index contributed by atoms with van der Waals surface area (Å²) in [7, 11) is 0. The van der Waals surface area contributed by atoms with Gasteiger partial charge in [0.15, 0.2) is 0 Å². The third-order valence-corrected chi connectivity index (χ3v) is 2.93. The van der Waals surface area contributed by atoms with Crippen molar-refractivity contribution in [2.24, 2.45) is 0 Å². The molecule has 0 aromatic carbocycles. The van der Waals surface area contributed by atoms with E-state index in [2.05, 4.69) is 10.3 Å². The van der Waals surface area contributed by atoms with Crippen LogP contribution in [0, 0.1) is 6.92 Å². The van der Waals surface area contributed by atoms with Crippen molar-refractivity contribution in [2.45, 2.75) is 25.4 Å². The van der Waals surface area contributed by atoms with Gasteiger partial charge in [0.2, 0.25) is 0 Å². The van der Waals surface area contributed by atoms with Crippen molar-refractivity contribution in [3.8, 4) is 0 Å². The molecule has 0 spiro atoms. The summed E-state index contributed by atoms with van der Waals surface area (Å²) >= 11 is 0. The SMILES string of the molecule is Cc1ccc(NCC2(O)CCOCC2)nc1. The number of nitrogens with zero attached hydrogens (tertiary/aromatic N) is 1. The van der Waals surface area contributed by atoms with Crippen molar-refractivity contribution >= 4 is 5.82 Å². The Morgan fingerprint density at radius 3 is 2.81 bits per heavy atom. The lowest BCUT2D eigenvalue weighted by Crippen LogP contribution is -2.42. The number of aliphatic hydroxyl groups is 1. The smallest absolute Gasteiger partial charge is 0.125 e. The van der Waals surface area contributed by atoms with Crippen LogP contribution in [0.1, 0.15) is 18.4 Å².